The highest BCUT2D eigenvalue weighted by atomic mass is 35.5. The van der Waals surface area contributed by atoms with Crippen molar-refractivity contribution >= 4 is 30.1 Å². The van der Waals surface area contributed by atoms with E-state index >= 15 is 0 Å². The molecule has 6 nitrogen and oxygen atoms in total. The first-order valence-electron chi connectivity index (χ1n) is 11.6. The maximum Gasteiger partial charge on any atom is 0.416 e. The van der Waals surface area contributed by atoms with Crippen LogP contribution in [-0.4, -0.2) is 71.4 Å². The second-order valence-electron chi connectivity index (χ2n) is 9.41. The molecule has 1 aliphatic carbocycles. The van der Waals surface area contributed by atoms with Crippen molar-refractivity contribution in [3.63, 3.8) is 0 Å². The number of anilines is 1. The first-order valence-corrected chi connectivity index (χ1v) is 12.6. The van der Waals surface area contributed by atoms with E-state index in [0.717, 1.165) is 87.6 Å². The van der Waals surface area contributed by atoms with Crippen LogP contribution in [0.3, 0.4) is 0 Å². The summed E-state index contributed by atoms with van der Waals surface area (Å²) in [4.78, 5) is 4.73. The molecule has 3 heterocycles. The molecule has 5 rings (SSSR count). The predicted molar refractivity (Wildman–Crippen MR) is 129 cm³/mol. The summed E-state index contributed by atoms with van der Waals surface area (Å²) in [5.41, 5.74) is 0.758. The molecular weight excluding hydrogens is 487 g/mol. The molecule has 2 aliphatic heterocycles. The van der Waals surface area contributed by atoms with Crippen LogP contribution in [0.2, 0.25) is 0 Å². The average molecular weight is 518 g/mol. The van der Waals surface area contributed by atoms with Gasteiger partial charge in [0.15, 0.2) is 5.16 Å². The molecule has 1 spiro atoms. The van der Waals surface area contributed by atoms with E-state index in [9.17, 15) is 13.2 Å². The SMILES string of the molecule is Cl.Cn1c(SCCCN2CCC3(CC3c3ccc(C(F)(F)F)cc3)C2)nnc1N1CCOCC1. The second-order valence-corrected chi connectivity index (χ2v) is 10.5. The quantitative estimate of drug-likeness (QED) is 0.399. The van der Waals surface area contributed by atoms with Gasteiger partial charge in [-0.1, -0.05) is 23.9 Å². The number of benzene rings is 1. The van der Waals surface area contributed by atoms with Crippen LogP contribution in [0, 0.1) is 5.41 Å². The molecule has 2 atom stereocenters. The molecule has 34 heavy (non-hydrogen) atoms. The highest BCUT2D eigenvalue weighted by Crippen LogP contribution is 2.64. The zero-order chi connectivity index (χ0) is 23.1. The molecule has 2 unspecified atom stereocenters. The smallest absolute Gasteiger partial charge is 0.378 e. The van der Waals surface area contributed by atoms with Crippen LogP contribution in [0.15, 0.2) is 29.4 Å². The Bertz CT molecular complexity index is 967. The zero-order valence-corrected chi connectivity index (χ0v) is 20.9. The molecule has 0 N–H and O–H groups in total. The summed E-state index contributed by atoms with van der Waals surface area (Å²) < 4.78 is 46.0. The van der Waals surface area contributed by atoms with Crippen LogP contribution in [0.5, 0.6) is 0 Å². The zero-order valence-electron chi connectivity index (χ0n) is 19.3. The fourth-order valence-electron chi connectivity index (χ4n) is 5.27. The van der Waals surface area contributed by atoms with Gasteiger partial charge in [-0.15, -0.1) is 22.6 Å². The van der Waals surface area contributed by atoms with E-state index in [1.807, 2.05) is 7.05 Å². The topological polar surface area (TPSA) is 46.4 Å². The Labute approximate surface area is 208 Å². The van der Waals surface area contributed by atoms with Gasteiger partial charge in [-0.25, -0.2) is 0 Å². The Morgan fingerprint density at radius 1 is 1.12 bits per heavy atom. The first kappa shape index (κ1) is 25.6. The number of morpholine rings is 1. The Hall–Kier alpha value is -1.49. The molecule has 2 saturated heterocycles. The van der Waals surface area contributed by atoms with Gasteiger partial charge in [0.25, 0.3) is 0 Å². The third kappa shape index (κ3) is 5.34. The molecular formula is C23H31ClF3N5OS. The lowest BCUT2D eigenvalue weighted by molar-refractivity contribution is -0.137. The molecule has 0 radical (unpaired) electrons. The lowest BCUT2D eigenvalue weighted by Crippen LogP contribution is -2.37. The Kier molecular flexibility index (Phi) is 7.71. The van der Waals surface area contributed by atoms with Gasteiger partial charge >= 0.3 is 6.18 Å². The van der Waals surface area contributed by atoms with Gasteiger partial charge in [-0.05, 0) is 61.4 Å². The molecule has 1 aromatic heterocycles. The van der Waals surface area contributed by atoms with Gasteiger partial charge < -0.3 is 14.5 Å². The van der Waals surface area contributed by atoms with E-state index in [1.165, 1.54) is 12.1 Å². The molecule has 188 valence electrons. The molecule has 0 bridgehead atoms. The fraction of sp³-hybridized carbons (Fsp3) is 0.652. The van der Waals surface area contributed by atoms with Crippen molar-refractivity contribution in [2.45, 2.75) is 36.5 Å². The van der Waals surface area contributed by atoms with Crippen LogP contribution < -0.4 is 4.90 Å². The number of halogens is 4. The molecule has 0 amide bonds. The van der Waals surface area contributed by atoms with Crippen LogP contribution in [0.25, 0.3) is 0 Å². The number of aromatic nitrogens is 3. The van der Waals surface area contributed by atoms with Gasteiger partial charge in [0.1, 0.15) is 0 Å². The summed E-state index contributed by atoms with van der Waals surface area (Å²) >= 11 is 1.74. The van der Waals surface area contributed by atoms with Gasteiger partial charge in [0.2, 0.25) is 5.95 Å². The van der Waals surface area contributed by atoms with Crippen molar-refractivity contribution in [2.24, 2.45) is 12.5 Å². The van der Waals surface area contributed by atoms with E-state index in [0.29, 0.717) is 5.92 Å². The highest BCUT2D eigenvalue weighted by Gasteiger charge is 2.57. The maximum atomic E-state index is 12.8. The lowest BCUT2D eigenvalue weighted by atomic mass is 9.97. The van der Waals surface area contributed by atoms with E-state index in [4.69, 9.17) is 4.74 Å². The minimum Gasteiger partial charge on any atom is -0.378 e. The average Bonchev–Trinajstić information content (AvgIpc) is 3.15. The van der Waals surface area contributed by atoms with Crippen LogP contribution in [-0.2, 0) is 18.0 Å². The number of alkyl halides is 3. The Morgan fingerprint density at radius 3 is 2.56 bits per heavy atom. The number of nitrogens with zero attached hydrogens (tertiary/aromatic N) is 5. The lowest BCUT2D eigenvalue weighted by Gasteiger charge is -2.27. The molecule has 2 aromatic rings. The van der Waals surface area contributed by atoms with E-state index in [-0.39, 0.29) is 17.8 Å². The number of hydrogen-bond acceptors (Lipinski definition) is 6. The minimum absolute atomic E-state index is 0. The number of ether oxygens (including phenoxy) is 1. The fourth-order valence-corrected chi connectivity index (χ4v) is 6.10. The van der Waals surface area contributed by atoms with Gasteiger partial charge in [0.05, 0.1) is 18.8 Å². The van der Waals surface area contributed by atoms with E-state index in [1.54, 1.807) is 23.9 Å². The van der Waals surface area contributed by atoms with Crippen molar-refractivity contribution in [1.82, 2.24) is 19.7 Å². The van der Waals surface area contributed by atoms with E-state index in [2.05, 4.69) is 24.6 Å². The van der Waals surface area contributed by atoms with Crippen molar-refractivity contribution < 1.29 is 17.9 Å². The number of hydrogen-bond donors (Lipinski definition) is 0. The summed E-state index contributed by atoms with van der Waals surface area (Å²) in [6.07, 6.45) is -0.965. The van der Waals surface area contributed by atoms with Gasteiger partial charge in [0, 0.05) is 32.4 Å². The standard InChI is InChI=1S/C23H30F3N5OS.ClH/c1-29-20(31-10-12-32-13-11-31)27-28-21(29)33-14-2-8-30-9-7-22(16-30)15-19(22)17-3-5-18(6-4-17)23(24,25)26;/h3-6,19H,2,7-16H2,1H3;1H. The molecule has 1 saturated carbocycles. The highest BCUT2D eigenvalue weighted by molar-refractivity contribution is 7.99. The third-order valence-corrected chi connectivity index (χ3v) is 8.36. The minimum atomic E-state index is -4.27. The van der Waals surface area contributed by atoms with Crippen molar-refractivity contribution in [2.75, 3.05) is 56.6 Å². The summed E-state index contributed by atoms with van der Waals surface area (Å²) in [6, 6.07) is 5.80. The third-order valence-electron chi connectivity index (χ3n) is 7.25. The number of thioether (sulfide) groups is 1. The monoisotopic (exact) mass is 517 g/mol. The molecule has 11 heteroatoms. The largest absolute Gasteiger partial charge is 0.416 e. The Morgan fingerprint density at radius 2 is 1.85 bits per heavy atom. The van der Waals surface area contributed by atoms with Gasteiger partial charge in [-0.3, -0.25) is 4.57 Å². The number of likely N-dealkylation sites (tertiary alicyclic amines) is 1. The summed E-state index contributed by atoms with van der Waals surface area (Å²) in [6.45, 7) is 6.32. The van der Waals surface area contributed by atoms with Crippen LogP contribution in [0.1, 0.15) is 36.3 Å². The van der Waals surface area contributed by atoms with Crippen LogP contribution in [0.4, 0.5) is 19.1 Å². The van der Waals surface area contributed by atoms with Crippen molar-refractivity contribution in [3.05, 3.63) is 35.4 Å². The van der Waals surface area contributed by atoms with E-state index < -0.39 is 11.7 Å². The number of rotatable bonds is 7. The maximum absolute atomic E-state index is 12.8. The van der Waals surface area contributed by atoms with Crippen LogP contribution >= 0.6 is 24.2 Å². The van der Waals surface area contributed by atoms with Gasteiger partial charge in [-0.2, -0.15) is 13.2 Å². The summed E-state index contributed by atoms with van der Waals surface area (Å²) in [5, 5.41) is 9.68. The Balaban J connectivity index is 0.00000274. The summed E-state index contributed by atoms with van der Waals surface area (Å²) in [7, 11) is 2.02. The molecule has 1 aromatic carbocycles. The van der Waals surface area contributed by atoms with Crippen molar-refractivity contribution in [3.8, 4) is 0 Å². The summed E-state index contributed by atoms with van der Waals surface area (Å²) in [5.74, 6) is 2.29. The normalized spacial score (nSPS) is 25.1. The second kappa shape index (κ2) is 10.2. The predicted octanol–water partition coefficient (Wildman–Crippen LogP) is 4.45. The molecule has 3 aliphatic rings. The van der Waals surface area contributed by atoms with Crippen molar-refractivity contribution in [1.29, 1.82) is 0 Å². The first-order chi connectivity index (χ1) is 15.9. The molecule has 3 fully saturated rings.